The number of imidazole rings is 1. The smallest absolute Gasteiger partial charge is 0.117 e. The topological polar surface area (TPSA) is 37.5 Å². The van der Waals surface area contributed by atoms with Crippen LogP contribution in [0.4, 0.5) is 0 Å². The van der Waals surface area contributed by atoms with Crippen molar-refractivity contribution in [1.82, 2.24) is 9.38 Å². The Morgan fingerprint density at radius 1 is 1.17 bits per heavy atom. The summed E-state index contributed by atoms with van der Waals surface area (Å²) in [5, 5.41) is 9.96. The van der Waals surface area contributed by atoms with Crippen molar-refractivity contribution >= 4 is 17.1 Å². The molecule has 0 unspecified atom stereocenters. The Kier molecular flexibility index (Phi) is 2.68. The van der Waals surface area contributed by atoms with Crippen molar-refractivity contribution in [3.05, 3.63) is 65.2 Å². The van der Waals surface area contributed by atoms with Crippen molar-refractivity contribution < 1.29 is 5.11 Å². The van der Waals surface area contributed by atoms with Gasteiger partial charge in [0.1, 0.15) is 11.6 Å². The Hall–Kier alpha value is -2.00. The number of aromatic nitrogens is 2. The summed E-state index contributed by atoms with van der Waals surface area (Å²) in [7, 11) is 0. The number of phenols is 1. The van der Waals surface area contributed by atoms with E-state index < -0.39 is 0 Å². The second-order valence-electron chi connectivity index (χ2n) is 4.16. The zero-order valence-electron chi connectivity index (χ0n) is 9.55. The molecular formula is C14H11ClN2O. The molecule has 4 heteroatoms. The molecule has 3 aromatic rings. The number of fused-ring (bicyclic) bond motifs is 1. The van der Waals surface area contributed by atoms with Crippen LogP contribution in [0.3, 0.4) is 0 Å². The van der Waals surface area contributed by atoms with Crippen LogP contribution in [0.5, 0.6) is 5.75 Å². The minimum Gasteiger partial charge on any atom is -0.508 e. The fraction of sp³-hybridized carbons (Fsp3) is 0.0714. The van der Waals surface area contributed by atoms with Crippen molar-refractivity contribution in [2.24, 2.45) is 0 Å². The van der Waals surface area contributed by atoms with E-state index in [2.05, 4.69) is 4.98 Å². The molecule has 3 nitrogen and oxygen atoms in total. The lowest BCUT2D eigenvalue weighted by molar-refractivity contribution is 0.475. The number of pyridine rings is 1. The van der Waals surface area contributed by atoms with Crippen LogP contribution in [0, 0.1) is 0 Å². The van der Waals surface area contributed by atoms with Crippen molar-refractivity contribution in [1.29, 1.82) is 0 Å². The first-order valence-electron chi connectivity index (χ1n) is 5.62. The van der Waals surface area contributed by atoms with Gasteiger partial charge in [-0.3, -0.25) is 0 Å². The third kappa shape index (κ3) is 2.05. The highest BCUT2D eigenvalue weighted by atomic mass is 35.5. The highest BCUT2D eigenvalue weighted by Crippen LogP contribution is 2.17. The average molecular weight is 259 g/mol. The third-order valence-corrected chi connectivity index (χ3v) is 3.10. The van der Waals surface area contributed by atoms with Crippen molar-refractivity contribution in [3.8, 4) is 5.75 Å². The molecule has 2 heterocycles. The van der Waals surface area contributed by atoms with Gasteiger partial charge in [0, 0.05) is 17.6 Å². The van der Waals surface area contributed by atoms with Gasteiger partial charge in [-0.2, -0.15) is 0 Å². The highest BCUT2D eigenvalue weighted by Gasteiger charge is 2.05. The summed E-state index contributed by atoms with van der Waals surface area (Å²) in [4.78, 5) is 4.40. The van der Waals surface area contributed by atoms with Gasteiger partial charge in [0.15, 0.2) is 0 Å². The number of halogens is 1. The summed E-state index contributed by atoms with van der Waals surface area (Å²) in [5.41, 5.74) is 2.09. The molecule has 0 aliphatic rings. The first kappa shape index (κ1) is 11.1. The van der Waals surface area contributed by atoms with Crippen LogP contribution in [0.2, 0.25) is 5.02 Å². The molecule has 0 bridgehead atoms. The van der Waals surface area contributed by atoms with Gasteiger partial charge >= 0.3 is 0 Å². The molecule has 0 radical (unpaired) electrons. The maximum Gasteiger partial charge on any atom is 0.117 e. The van der Waals surface area contributed by atoms with E-state index in [4.69, 9.17) is 11.6 Å². The normalized spacial score (nSPS) is 10.9. The van der Waals surface area contributed by atoms with Crippen LogP contribution < -0.4 is 0 Å². The van der Waals surface area contributed by atoms with Crippen LogP contribution in [-0.4, -0.2) is 14.5 Å². The van der Waals surface area contributed by atoms with E-state index in [0.29, 0.717) is 5.02 Å². The maximum absolute atomic E-state index is 9.25. The van der Waals surface area contributed by atoms with E-state index in [1.165, 1.54) is 0 Å². The lowest BCUT2D eigenvalue weighted by Crippen LogP contribution is -1.95. The lowest BCUT2D eigenvalue weighted by atomic mass is 10.1. The summed E-state index contributed by atoms with van der Waals surface area (Å²) in [6.07, 6.45) is 4.44. The van der Waals surface area contributed by atoms with E-state index in [0.717, 1.165) is 23.3 Å². The molecule has 0 aliphatic carbocycles. The van der Waals surface area contributed by atoms with Crippen molar-refractivity contribution in [2.45, 2.75) is 6.42 Å². The van der Waals surface area contributed by atoms with Gasteiger partial charge in [-0.15, -0.1) is 0 Å². The Morgan fingerprint density at radius 3 is 2.72 bits per heavy atom. The molecule has 1 N–H and O–H groups in total. The average Bonchev–Trinajstić information content (AvgIpc) is 2.74. The molecule has 0 atom stereocenters. The standard InChI is InChI=1S/C14H11ClN2O/c15-11-5-6-17-12(8-11)9-16-14(17)7-10-1-3-13(18)4-2-10/h1-6,8-9,18H,7H2. The van der Waals surface area contributed by atoms with Gasteiger partial charge in [-0.1, -0.05) is 23.7 Å². The van der Waals surface area contributed by atoms with E-state index in [-0.39, 0.29) is 5.75 Å². The molecule has 0 amide bonds. The Bertz CT molecular complexity index is 689. The van der Waals surface area contributed by atoms with Crippen molar-refractivity contribution in [3.63, 3.8) is 0 Å². The number of aromatic hydroxyl groups is 1. The van der Waals surface area contributed by atoms with Gasteiger partial charge < -0.3 is 9.51 Å². The van der Waals surface area contributed by atoms with E-state index in [9.17, 15) is 5.11 Å². The molecule has 3 rings (SSSR count). The summed E-state index contributed by atoms with van der Waals surface area (Å²) in [5.74, 6) is 1.23. The summed E-state index contributed by atoms with van der Waals surface area (Å²) in [6, 6.07) is 10.9. The SMILES string of the molecule is Oc1ccc(Cc2ncc3cc(Cl)ccn23)cc1. The van der Waals surface area contributed by atoms with Gasteiger partial charge in [-0.05, 0) is 29.8 Å². The first-order valence-corrected chi connectivity index (χ1v) is 5.99. The zero-order valence-corrected chi connectivity index (χ0v) is 10.3. The predicted molar refractivity (Wildman–Crippen MR) is 71.1 cm³/mol. The summed E-state index contributed by atoms with van der Waals surface area (Å²) >= 11 is 5.94. The summed E-state index contributed by atoms with van der Waals surface area (Å²) < 4.78 is 2.01. The number of rotatable bonds is 2. The number of benzene rings is 1. The van der Waals surface area contributed by atoms with E-state index >= 15 is 0 Å². The number of phenolic OH excluding ortho intramolecular Hbond substituents is 1. The highest BCUT2D eigenvalue weighted by molar-refractivity contribution is 6.30. The minimum atomic E-state index is 0.276. The second-order valence-corrected chi connectivity index (χ2v) is 4.59. The molecule has 18 heavy (non-hydrogen) atoms. The Balaban J connectivity index is 1.97. The fourth-order valence-electron chi connectivity index (χ4n) is 1.96. The van der Waals surface area contributed by atoms with Crippen LogP contribution in [0.25, 0.3) is 5.52 Å². The third-order valence-electron chi connectivity index (χ3n) is 2.87. The van der Waals surface area contributed by atoms with Crippen LogP contribution in [0.15, 0.2) is 48.8 Å². The van der Waals surface area contributed by atoms with Gasteiger partial charge in [0.05, 0.1) is 11.7 Å². The molecule has 90 valence electrons. The summed E-state index contributed by atoms with van der Waals surface area (Å²) in [6.45, 7) is 0. The Labute approximate surface area is 109 Å². The van der Waals surface area contributed by atoms with Gasteiger partial charge in [0.25, 0.3) is 0 Å². The zero-order chi connectivity index (χ0) is 12.5. The van der Waals surface area contributed by atoms with Crippen LogP contribution in [-0.2, 0) is 6.42 Å². The van der Waals surface area contributed by atoms with Crippen molar-refractivity contribution in [2.75, 3.05) is 0 Å². The van der Waals surface area contributed by atoms with Crippen LogP contribution in [0.1, 0.15) is 11.4 Å². The molecule has 0 fully saturated rings. The van der Waals surface area contributed by atoms with Gasteiger partial charge in [-0.25, -0.2) is 4.98 Å². The number of hydrogen-bond acceptors (Lipinski definition) is 2. The molecule has 2 aromatic heterocycles. The molecule has 0 aliphatic heterocycles. The van der Waals surface area contributed by atoms with E-state index in [1.54, 1.807) is 12.1 Å². The van der Waals surface area contributed by atoms with Crippen LogP contribution >= 0.6 is 11.6 Å². The molecule has 0 saturated heterocycles. The number of hydrogen-bond donors (Lipinski definition) is 1. The second kappa shape index (κ2) is 4.35. The largest absolute Gasteiger partial charge is 0.508 e. The monoisotopic (exact) mass is 258 g/mol. The van der Waals surface area contributed by atoms with Gasteiger partial charge in [0.2, 0.25) is 0 Å². The van der Waals surface area contributed by atoms with E-state index in [1.807, 2.05) is 41.1 Å². The Morgan fingerprint density at radius 2 is 1.94 bits per heavy atom. The lowest BCUT2D eigenvalue weighted by Gasteiger charge is -2.02. The molecule has 0 saturated carbocycles. The minimum absolute atomic E-state index is 0.276. The fourth-order valence-corrected chi connectivity index (χ4v) is 2.12. The predicted octanol–water partition coefficient (Wildman–Crippen LogP) is 3.28. The maximum atomic E-state index is 9.25. The number of nitrogens with zero attached hydrogens (tertiary/aromatic N) is 2. The molecule has 1 aromatic carbocycles. The first-order chi connectivity index (χ1) is 8.72. The quantitative estimate of drug-likeness (QED) is 0.766. The molecular weight excluding hydrogens is 248 g/mol. The molecule has 0 spiro atoms.